The van der Waals surface area contributed by atoms with Gasteiger partial charge in [0.2, 0.25) is 0 Å². The third-order valence-electron chi connectivity index (χ3n) is 5.35. The highest BCUT2D eigenvalue weighted by molar-refractivity contribution is 6.07. The Bertz CT molecular complexity index is 1090. The number of nitrogens with two attached hydrogens (primary N) is 1. The van der Waals surface area contributed by atoms with Crippen LogP contribution in [0.5, 0.6) is 0 Å². The van der Waals surface area contributed by atoms with Crippen LogP contribution in [0.2, 0.25) is 0 Å². The number of hydrogen-bond acceptors (Lipinski definition) is 5. The van der Waals surface area contributed by atoms with Gasteiger partial charge in [-0.2, -0.15) is 0 Å². The fraction of sp³-hybridized carbons (Fsp3) is 0.286. The van der Waals surface area contributed by atoms with Crippen molar-refractivity contribution < 1.29 is 0 Å². The Morgan fingerprint density at radius 1 is 0.889 bits per heavy atom. The van der Waals surface area contributed by atoms with E-state index in [9.17, 15) is 0 Å². The van der Waals surface area contributed by atoms with Crippen LogP contribution in [0, 0.1) is 0 Å². The molecule has 6 nitrogen and oxygen atoms in total. The Morgan fingerprint density at radius 2 is 1.74 bits per heavy atom. The summed E-state index contributed by atoms with van der Waals surface area (Å²) in [6, 6.07) is 8.30. The van der Waals surface area contributed by atoms with Crippen LogP contribution < -0.4 is 5.73 Å². The minimum atomic E-state index is 0.512. The summed E-state index contributed by atoms with van der Waals surface area (Å²) in [5.41, 5.74) is 10.9. The molecule has 0 spiro atoms. The van der Waals surface area contributed by atoms with Gasteiger partial charge in [0.15, 0.2) is 0 Å². The third-order valence-corrected chi connectivity index (χ3v) is 5.35. The lowest BCUT2D eigenvalue weighted by molar-refractivity contribution is 0.218. The first-order chi connectivity index (χ1) is 13.3. The fourth-order valence-electron chi connectivity index (χ4n) is 3.88. The summed E-state index contributed by atoms with van der Waals surface area (Å²) >= 11 is 0. The number of anilines is 1. The number of nitrogens with one attached hydrogen (secondary N) is 1. The highest BCUT2D eigenvalue weighted by Crippen LogP contribution is 2.29. The lowest BCUT2D eigenvalue weighted by Gasteiger charge is -2.25. The number of H-pyrrole nitrogens is 1. The molecule has 3 N–H and O–H groups in total. The average Bonchev–Trinajstić information content (AvgIpc) is 3.06. The molecule has 0 bridgehead atoms. The first-order valence-corrected chi connectivity index (χ1v) is 9.47. The molecule has 27 heavy (non-hydrogen) atoms. The first kappa shape index (κ1) is 16.2. The predicted molar refractivity (Wildman–Crippen MR) is 108 cm³/mol. The van der Waals surface area contributed by atoms with Gasteiger partial charge in [0.05, 0.1) is 17.4 Å². The molecule has 136 valence electrons. The third kappa shape index (κ3) is 3.13. The molecule has 1 saturated heterocycles. The Morgan fingerprint density at radius 3 is 2.56 bits per heavy atom. The van der Waals surface area contributed by atoms with Crippen molar-refractivity contribution in [2.24, 2.45) is 0 Å². The standard InChI is InChI=1S/C21H22N6/c22-20-9-17-18-8-15(11-25-21(18)26-19(17)12-24-20)14-4-5-16(23-10-14)13-27-6-2-1-3-7-27/h4-5,8-12H,1-3,6-7,13H2,(H2,22,24)(H,25,26). The minimum absolute atomic E-state index is 0.512. The van der Waals surface area contributed by atoms with E-state index in [-0.39, 0.29) is 0 Å². The van der Waals surface area contributed by atoms with Crippen LogP contribution in [0.1, 0.15) is 25.0 Å². The SMILES string of the molecule is Nc1cc2c(cn1)[nH]c1ncc(-c3ccc(CN4CCCCC4)nc3)cc12. The maximum Gasteiger partial charge on any atom is 0.138 e. The number of piperidine rings is 1. The van der Waals surface area contributed by atoms with Crippen LogP contribution >= 0.6 is 0 Å². The second-order valence-electron chi connectivity index (χ2n) is 7.27. The summed E-state index contributed by atoms with van der Waals surface area (Å²) < 4.78 is 0. The molecule has 1 aliphatic heterocycles. The van der Waals surface area contributed by atoms with Gasteiger partial charge in [-0.1, -0.05) is 12.5 Å². The van der Waals surface area contributed by atoms with Crippen LogP contribution in [-0.4, -0.2) is 37.9 Å². The highest BCUT2D eigenvalue weighted by atomic mass is 15.1. The van der Waals surface area contributed by atoms with Crippen molar-refractivity contribution in [2.75, 3.05) is 18.8 Å². The molecular weight excluding hydrogens is 336 g/mol. The highest BCUT2D eigenvalue weighted by Gasteiger charge is 2.12. The molecule has 0 aromatic carbocycles. The summed E-state index contributed by atoms with van der Waals surface area (Å²) in [6.07, 6.45) is 9.54. The molecular formula is C21H22N6. The molecule has 4 aromatic heterocycles. The zero-order valence-corrected chi connectivity index (χ0v) is 15.2. The lowest BCUT2D eigenvalue weighted by Crippen LogP contribution is -2.29. The van der Waals surface area contributed by atoms with Crippen LogP contribution in [0.4, 0.5) is 5.82 Å². The summed E-state index contributed by atoms with van der Waals surface area (Å²) in [5, 5.41) is 2.09. The van der Waals surface area contributed by atoms with Crippen LogP contribution in [0.25, 0.3) is 33.1 Å². The summed E-state index contributed by atoms with van der Waals surface area (Å²) in [6.45, 7) is 3.30. The molecule has 6 heteroatoms. The molecule has 0 radical (unpaired) electrons. The van der Waals surface area contributed by atoms with Gasteiger partial charge in [-0.05, 0) is 44.1 Å². The van der Waals surface area contributed by atoms with Gasteiger partial charge >= 0.3 is 0 Å². The molecule has 1 aliphatic rings. The van der Waals surface area contributed by atoms with Crippen molar-refractivity contribution in [3.8, 4) is 11.1 Å². The molecule has 0 saturated carbocycles. The predicted octanol–water partition coefficient (Wildman–Crippen LogP) is 3.74. The van der Waals surface area contributed by atoms with E-state index in [2.05, 4.69) is 43.0 Å². The summed E-state index contributed by atoms with van der Waals surface area (Å²) in [7, 11) is 0. The van der Waals surface area contributed by atoms with Crippen molar-refractivity contribution in [1.82, 2.24) is 24.8 Å². The molecule has 0 unspecified atom stereocenters. The van der Waals surface area contributed by atoms with Gasteiger partial charge in [-0.15, -0.1) is 0 Å². The molecule has 1 fully saturated rings. The molecule has 4 aromatic rings. The normalized spacial score (nSPS) is 15.6. The monoisotopic (exact) mass is 358 g/mol. The Hall–Kier alpha value is -2.99. The lowest BCUT2D eigenvalue weighted by atomic mass is 10.1. The largest absolute Gasteiger partial charge is 0.384 e. The van der Waals surface area contributed by atoms with E-state index in [0.717, 1.165) is 45.3 Å². The number of aromatic nitrogens is 4. The van der Waals surface area contributed by atoms with Gasteiger partial charge < -0.3 is 10.7 Å². The summed E-state index contributed by atoms with van der Waals surface area (Å²) in [5.74, 6) is 0.512. The van der Waals surface area contributed by atoms with Crippen LogP contribution in [0.15, 0.2) is 42.9 Å². The van der Waals surface area contributed by atoms with Crippen molar-refractivity contribution in [3.63, 3.8) is 0 Å². The zero-order valence-electron chi connectivity index (χ0n) is 15.2. The quantitative estimate of drug-likeness (QED) is 0.583. The number of nitrogen functional groups attached to an aromatic ring is 1. The Kier molecular flexibility index (Phi) is 3.98. The topological polar surface area (TPSA) is 83.7 Å². The minimum Gasteiger partial charge on any atom is -0.384 e. The smallest absolute Gasteiger partial charge is 0.138 e. The molecule has 0 amide bonds. The maximum atomic E-state index is 5.86. The first-order valence-electron chi connectivity index (χ1n) is 9.47. The van der Waals surface area contributed by atoms with E-state index >= 15 is 0 Å². The number of hydrogen-bond donors (Lipinski definition) is 2. The van der Waals surface area contributed by atoms with Crippen LogP contribution in [0.3, 0.4) is 0 Å². The number of aromatic amines is 1. The van der Waals surface area contributed by atoms with Crippen LogP contribution in [-0.2, 0) is 6.54 Å². The number of rotatable bonds is 3. The van der Waals surface area contributed by atoms with E-state index in [1.54, 1.807) is 6.20 Å². The van der Waals surface area contributed by atoms with Gasteiger partial charge in [0.1, 0.15) is 11.5 Å². The van der Waals surface area contributed by atoms with E-state index in [1.807, 2.05) is 18.5 Å². The Labute approximate surface area is 157 Å². The summed E-state index contributed by atoms with van der Waals surface area (Å²) in [4.78, 5) is 19.2. The second kappa shape index (κ2) is 6.63. The fourth-order valence-corrected chi connectivity index (χ4v) is 3.88. The van der Waals surface area contributed by atoms with Gasteiger partial charge in [-0.25, -0.2) is 9.97 Å². The van der Waals surface area contributed by atoms with Crippen molar-refractivity contribution in [1.29, 1.82) is 0 Å². The van der Waals surface area contributed by atoms with E-state index in [0.29, 0.717) is 5.82 Å². The molecule has 5 heterocycles. The van der Waals surface area contributed by atoms with E-state index in [4.69, 9.17) is 5.73 Å². The number of nitrogens with zero attached hydrogens (tertiary/aromatic N) is 4. The van der Waals surface area contributed by atoms with Gasteiger partial charge in [-0.3, -0.25) is 9.88 Å². The average molecular weight is 358 g/mol. The molecule has 0 aliphatic carbocycles. The van der Waals surface area contributed by atoms with Gasteiger partial charge in [0.25, 0.3) is 0 Å². The Balaban J connectivity index is 1.45. The number of fused-ring (bicyclic) bond motifs is 3. The van der Waals surface area contributed by atoms with E-state index < -0.39 is 0 Å². The molecule has 0 atom stereocenters. The number of likely N-dealkylation sites (tertiary alicyclic amines) is 1. The van der Waals surface area contributed by atoms with Crippen molar-refractivity contribution >= 4 is 27.8 Å². The second-order valence-corrected chi connectivity index (χ2v) is 7.27. The molecule has 5 rings (SSSR count). The maximum absolute atomic E-state index is 5.86. The zero-order chi connectivity index (χ0) is 18.2. The van der Waals surface area contributed by atoms with Crippen molar-refractivity contribution in [2.45, 2.75) is 25.8 Å². The van der Waals surface area contributed by atoms with Crippen molar-refractivity contribution in [3.05, 3.63) is 48.5 Å². The van der Waals surface area contributed by atoms with Gasteiger partial charge in [0, 0.05) is 40.8 Å². The van der Waals surface area contributed by atoms with E-state index in [1.165, 1.54) is 32.4 Å². The number of pyridine rings is 3.